The molecule has 0 amide bonds. The number of fused-ring (bicyclic) bond motifs is 4. The average molecular weight is 787 g/mol. The second kappa shape index (κ2) is 16.2. The van der Waals surface area contributed by atoms with Crippen molar-refractivity contribution in [1.82, 2.24) is 0 Å². The van der Waals surface area contributed by atoms with Gasteiger partial charge in [0, 0.05) is 0 Å². The van der Waals surface area contributed by atoms with E-state index in [9.17, 15) is 0 Å². The molecule has 290 valence electrons. The predicted molar refractivity (Wildman–Crippen MR) is 267 cm³/mol. The minimum atomic E-state index is 1.18. The van der Waals surface area contributed by atoms with E-state index in [1.165, 1.54) is 110 Å². The second-order valence-corrected chi connectivity index (χ2v) is 16.0. The van der Waals surface area contributed by atoms with E-state index in [1.807, 2.05) is 0 Å². The van der Waals surface area contributed by atoms with Crippen molar-refractivity contribution in [3.8, 4) is 22.3 Å². The van der Waals surface area contributed by atoms with E-state index in [0.29, 0.717) is 0 Å². The Bertz CT molecular complexity index is 3160. The minimum Gasteiger partial charge on any atom is -0.0622 e. The third-order valence-corrected chi connectivity index (χ3v) is 12.3. The Hall–Kier alpha value is -8.06. The summed E-state index contributed by atoms with van der Waals surface area (Å²) in [5.41, 5.74) is 14.5. The molecule has 0 unspecified atom stereocenters. The van der Waals surface area contributed by atoms with Crippen molar-refractivity contribution in [2.24, 2.45) is 0 Å². The molecule has 0 saturated carbocycles. The molecule has 0 atom stereocenters. The maximum absolute atomic E-state index is 2.35. The summed E-state index contributed by atoms with van der Waals surface area (Å²) in [5, 5.41) is 9.97. The molecule has 0 fully saturated rings. The van der Waals surface area contributed by atoms with Gasteiger partial charge < -0.3 is 0 Å². The Morgan fingerprint density at radius 3 is 0.887 bits per heavy atom. The lowest BCUT2D eigenvalue weighted by atomic mass is 9.85. The van der Waals surface area contributed by atoms with Crippen molar-refractivity contribution >= 4 is 66.4 Å². The Morgan fingerprint density at radius 2 is 0.516 bits per heavy atom. The van der Waals surface area contributed by atoms with Crippen LogP contribution >= 0.6 is 0 Å². The zero-order chi connectivity index (χ0) is 41.2. The van der Waals surface area contributed by atoms with E-state index < -0.39 is 0 Å². The lowest BCUT2D eigenvalue weighted by Crippen LogP contribution is -1.93. The summed E-state index contributed by atoms with van der Waals surface area (Å²) in [4.78, 5) is 0. The fourth-order valence-corrected chi connectivity index (χ4v) is 9.35. The maximum atomic E-state index is 2.35. The molecule has 62 heavy (non-hydrogen) atoms. The van der Waals surface area contributed by atoms with E-state index in [-0.39, 0.29) is 0 Å². The van der Waals surface area contributed by atoms with E-state index in [4.69, 9.17) is 0 Å². The van der Waals surface area contributed by atoms with E-state index in [1.54, 1.807) is 0 Å². The highest BCUT2D eigenvalue weighted by Crippen LogP contribution is 2.44. The molecule has 11 aromatic carbocycles. The Kier molecular flexibility index (Phi) is 9.65. The number of benzene rings is 11. The van der Waals surface area contributed by atoms with E-state index >= 15 is 0 Å². The summed E-state index contributed by atoms with van der Waals surface area (Å²) >= 11 is 0. The minimum absolute atomic E-state index is 1.18. The van der Waals surface area contributed by atoms with Crippen molar-refractivity contribution < 1.29 is 0 Å². The third kappa shape index (κ3) is 6.88. The molecule has 0 aliphatic heterocycles. The zero-order valence-electron chi connectivity index (χ0n) is 34.2. The van der Waals surface area contributed by atoms with Crippen LogP contribution in [-0.2, 0) is 0 Å². The van der Waals surface area contributed by atoms with Gasteiger partial charge in [-0.1, -0.05) is 243 Å². The van der Waals surface area contributed by atoms with Crippen molar-refractivity contribution in [2.45, 2.75) is 0 Å². The van der Waals surface area contributed by atoms with Gasteiger partial charge in [0.05, 0.1) is 0 Å². The normalized spacial score (nSPS) is 12.1. The van der Waals surface area contributed by atoms with Gasteiger partial charge in [0.25, 0.3) is 0 Å². The molecule has 0 saturated heterocycles. The standard InChI is InChI=1S/C62H42/c1-3-17-45(18-4-1)59(41-51-25-15-23-43-21-7-9-27-53(43)51)47-33-37-49(38-34-47)61-55-29-11-13-31-57(55)62(58-32-14-12-30-56(58)61)50-39-35-48(36-40-50)60(46-19-5-2-6-20-46)42-52-26-16-24-44-22-8-10-28-54(44)52/h1-42H/b59-41+,60-42+. The van der Waals surface area contributed by atoms with Crippen LogP contribution in [0.4, 0.5) is 0 Å². The molecule has 0 heteroatoms. The van der Waals surface area contributed by atoms with Crippen LogP contribution in [0.25, 0.3) is 88.6 Å². The summed E-state index contributed by atoms with van der Waals surface area (Å²) in [6.45, 7) is 0. The molecule has 0 bridgehead atoms. The molecule has 0 N–H and O–H groups in total. The van der Waals surface area contributed by atoms with Crippen LogP contribution in [0, 0.1) is 0 Å². The molecule has 0 spiro atoms. The Labute approximate surface area is 363 Å². The third-order valence-electron chi connectivity index (χ3n) is 12.3. The Balaban J connectivity index is 1.02. The highest BCUT2D eigenvalue weighted by atomic mass is 14.2. The van der Waals surface area contributed by atoms with Crippen LogP contribution in [0.1, 0.15) is 33.4 Å². The van der Waals surface area contributed by atoms with Gasteiger partial charge in [-0.05, 0) is 122 Å². The van der Waals surface area contributed by atoms with Gasteiger partial charge in [0.15, 0.2) is 0 Å². The SMILES string of the molecule is C(=C(/c1ccccc1)c1ccc(-c2c3ccccc3c(-c3ccc(/C(=C/c4cccc5ccccc45)c4ccccc4)cc3)c3ccccc23)cc1)/c1cccc2ccccc12. The molecule has 0 heterocycles. The van der Waals surface area contributed by atoms with Crippen LogP contribution in [0.3, 0.4) is 0 Å². The van der Waals surface area contributed by atoms with Gasteiger partial charge in [-0.3, -0.25) is 0 Å². The molecule has 0 aliphatic rings. The monoisotopic (exact) mass is 786 g/mol. The summed E-state index contributed by atoms with van der Waals surface area (Å²) in [6.07, 6.45) is 4.69. The van der Waals surface area contributed by atoms with Gasteiger partial charge in [-0.2, -0.15) is 0 Å². The van der Waals surface area contributed by atoms with Crippen LogP contribution in [0.2, 0.25) is 0 Å². The molecule has 0 nitrogen and oxygen atoms in total. The summed E-state index contributed by atoms with van der Waals surface area (Å²) in [7, 11) is 0. The number of hydrogen-bond donors (Lipinski definition) is 0. The molecule has 0 radical (unpaired) electrons. The fourth-order valence-electron chi connectivity index (χ4n) is 9.35. The smallest absolute Gasteiger partial charge is 0.00264 e. The van der Waals surface area contributed by atoms with Crippen molar-refractivity contribution in [3.05, 3.63) is 276 Å². The largest absolute Gasteiger partial charge is 0.0622 e. The lowest BCUT2D eigenvalue weighted by Gasteiger charge is -2.19. The van der Waals surface area contributed by atoms with Crippen LogP contribution in [0.5, 0.6) is 0 Å². The van der Waals surface area contributed by atoms with E-state index in [2.05, 4.69) is 255 Å². The maximum Gasteiger partial charge on any atom is -0.00264 e. The first kappa shape index (κ1) is 37.0. The van der Waals surface area contributed by atoms with Gasteiger partial charge in [0.2, 0.25) is 0 Å². The van der Waals surface area contributed by atoms with E-state index in [0.717, 1.165) is 0 Å². The molecular weight excluding hydrogens is 745 g/mol. The average Bonchev–Trinajstić information content (AvgIpc) is 3.35. The van der Waals surface area contributed by atoms with Crippen molar-refractivity contribution in [1.29, 1.82) is 0 Å². The zero-order valence-corrected chi connectivity index (χ0v) is 34.2. The summed E-state index contributed by atoms with van der Waals surface area (Å²) < 4.78 is 0. The predicted octanol–water partition coefficient (Wildman–Crippen LogP) is 16.8. The first-order valence-electron chi connectivity index (χ1n) is 21.4. The summed E-state index contributed by atoms with van der Waals surface area (Å²) in [6, 6.07) is 88.2. The number of rotatable bonds is 8. The number of hydrogen-bond acceptors (Lipinski definition) is 0. The summed E-state index contributed by atoms with van der Waals surface area (Å²) in [5.74, 6) is 0. The highest BCUT2D eigenvalue weighted by molar-refractivity contribution is 6.21. The fraction of sp³-hybridized carbons (Fsp3) is 0. The second-order valence-electron chi connectivity index (χ2n) is 16.0. The van der Waals surface area contributed by atoms with Gasteiger partial charge in [0.1, 0.15) is 0 Å². The van der Waals surface area contributed by atoms with Crippen molar-refractivity contribution in [2.75, 3.05) is 0 Å². The molecule has 0 aromatic heterocycles. The first-order valence-corrected chi connectivity index (χ1v) is 21.4. The first-order chi connectivity index (χ1) is 30.8. The molecule has 11 rings (SSSR count). The molecule has 0 aliphatic carbocycles. The van der Waals surface area contributed by atoms with Gasteiger partial charge in [-0.25, -0.2) is 0 Å². The van der Waals surface area contributed by atoms with Crippen LogP contribution in [-0.4, -0.2) is 0 Å². The van der Waals surface area contributed by atoms with Crippen molar-refractivity contribution in [3.63, 3.8) is 0 Å². The van der Waals surface area contributed by atoms with Gasteiger partial charge >= 0.3 is 0 Å². The molecular formula is C62H42. The lowest BCUT2D eigenvalue weighted by molar-refractivity contribution is 1.55. The van der Waals surface area contributed by atoms with Gasteiger partial charge in [-0.15, -0.1) is 0 Å². The topological polar surface area (TPSA) is 0 Å². The Morgan fingerprint density at radius 1 is 0.226 bits per heavy atom. The van der Waals surface area contributed by atoms with Crippen LogP contribution in [0.15, 0.2) is 243 Å². The highest BCUT2D eigenvalue weighted by Gasteiger charge is 2.18. The quantitative estimate of drug-likeness (QED) is 0.106. The van der Waals surface area contributed by atoms with Crippen LogP contribution < -0.4 is 0 Å². The molecule has 11 aromatic rings.